The van der Waals surface area contributed by atoms with Gasteiger partial charge in [-0.2, -0.15) is 0 Å². The number of methoxy groups -OCH3 is 1. The summed E-state index contributed by atoms with van der Waals surface area (Å²) in [6.07, 6.45) is 0.231. The van der Waals surface area contributed by atoms with E-state index in [2.05, 4.69) is 5.16 Å². The summed E-state index contributed by atoms with van der Waals surface area (Å²) in [7, 11) is 1.46. The highest BCUT2D eigenvalue weighted by molar-refractivity contribution is 6.34. The molecule has 1 atom stereocenters. The molecule has 2 aromatic carbocycles. The average Bonchev–Trinajstić information content (AvgIpc) is 3.10. The Labute approximate surface area is 162 Å². The topological polar surface area (TPSA) is 51.1 Å². The lowest BCUT2D eigenvalue weighted by Gasteiger charge is -2.24. The van der Waals surface area contributed by atoms with Crippen molar-refractivity contribution in [1.82, 2.24) is 4.90 Å². The van der Waals surface area contributed by atoms with Crippen molar-refractivity contribution in [2.24, 2.45) is 5.16 Å². The molecule has 1 unspecified atom stereocenters. The Bertz CT molecular complexity index is 843. The summed E-state index contributed by atoms with van der Waals surface area (Å²) < 4.78 is 18.4. The maximum atomic E-state index is 13.5. The van der Waals surface area contributed by atoms with E-state index < -0.39 is 0 Å². The first-order valence-electron chi connectivity index (χ1n) is 8.55. The molecule has 1 aliphatic rings. The van der Waals surface area contributed by atoms with E-state index in [1.807, 2.05) is 18.2 Å². The van der Waals surface area contributed by atoms with Crippen molar-refractivity contribution in [2.45, 2.75) is 19.1 Å². The molecule has 0 bridgehead atoms. The standard InChI is InChI=1S/C20H20ClFN2O3/c1-26-13-20(25)24(11-14-5-4-6-15(22)9-14)12-16-10-19(23-27-16)17-7-2-3-8-18(17)21/h2-9,16H,10-13H2,1H3. The van der Waals surface area contributed by atoms with Gasteiger partial charge >= 0.3 is 0 Å². The van der Waals surface area contributed by atoms with Crippen molar-refractivity contribution in [3.63, 3.8) is 0 Å². The second kappa shape index (κ2) is 8.97. The quantitative estimate of drug-likeness (QED) is 0.725. The third-order valence-electron chi connectivity index (χ3n) is 4.22. The number of amides is 1. The summed E-state index contributed by atoms with van der Waals surface area (Å²) in [6, 6.07) is 13.6. The minimum Gasteiger partial charge on any atom is -0.390 e. The Morgan fingerprint density at radius 3 is 2.89 bits per heavy atom. The van der Waals surface area contributed by atoms with Crippen LogP contribution in [0.3, 0.4) is 0 Å². The smallest absolute Gasteiger partial charge is 0.248 e. The molecule has 5 nitrogen and oxygen atoms in total. The van der Waals surface area contributed by atoms with Gasteiger partial charge in [-0.1, -0.05) is 47.1 Å². The zero-order chi connectivity index (χ0) is 19.2. The van der Waals surface area contributed by atoms with Gasteiger partial charge < -0.3 is 14.5 Å². The number of benzene rings is 2. The van der Waals surface area contributed by atoms with Crippen LogP contribution in [0.4, 0.5) is 4.39 Å². The molecule has 0 saturated carbocycles. The Morgan fingerprint density at radius 1 is 1.33 bits per heavy atom. The molecule has 1 aliphatic heterocycles. The van der Waals surface area contributed by atoms with E-state index in [9.17, 15) is 9.18 Å². The van der Waals surface area contributed by atoms with E-state index in [4.69, 9.17) is 21.2 Å². The van der Waals surface area contributed by atoms with E-state index >= 15 is 0 Å². The predicted octanol–water partition coefficient (Wildman–Crippen LogP) is 3.65. The largest absolute Gasteiger partial charge is 0.390 e. The van der Waals surface area contributed by atoms with Crippen molar-refractivity contribution in [3.05, 3.63) is 70.5 Å². The van der Waals surface area contributed by atoms with Gasteiger partial charge in [-0.25, -0.2) is 4.39 Å². The van der Waals surface area contributed by atoms with Gasteiger partial charge in [0.25, 0.3) is 0 Å². The van der Waals surface area contributed by atoms with Crippen LogP contribution in [0, 0.1) is 5.82 Å². The maximum Gasteiger partial charge on any atom is 0.248 e. The number of carbonyl (C=O) groups excluding carboxylic acids is 1. The van der Waals surface area contributed by atoms with Crippen LogP contribution in [0.1, 0.15) is 17.5 Å². The van der Waals surface area contributed by atoms with Gasteiger partial charge in [0.05, 0.1) is 12.3 Å². The maximum absolute atomic E-state index is 13.5. The molecule has 0 aromatic heterocycles. The van der Waals surface area contributed by atoms with Crippen molar-refractivity contribution >= 4 is 23.2 Å². The number of nitrogens with zero attached hydrogens (tertiary/aromatic N) is 2. The number of ether oxygens (including phenoxy) is 1. The lowest BCUT2D eigenvalue weighted by atomic mass is 10.0. The van der Waals surface area contributed by atoms with Gasteiger partial charge in [-0.3, -0.25) is 4.79 Å². The van der Waals surface area contributed by atoms with Crippen LogP contribution in [-0.4, -0.2) is 42.9 Å². The van der Waals surface area contributed by atoms with Gasteiger partial charge in [0.2, 0.25) is 5.91 Å². The Hall–Kier alpha value is -2.44. The fraction of sp³-hybridized carbons (Fsp3) is 0.300. The normalized spacial score (nSPS) is 16.0. The first-order chi connectivity index (χ1) is 13.1. The van der Waals surface area contributed by atoms with Gasteiger partial charge in [-0.05, 0) is 23.8 Å². The van der Waals surface area contributed by atoms with Crippen LogP contribution in [0.2, 0.25) is 5.02 Å². The van der Waals surface area contributed by atoms with E-state index in [0.29, 0.717) is 23.6 Å². The second-order valence-corrected chi connectivity index (χ2v) is 6.69. The van der Waals surface area contributed by atoms with Gasteiger partial charge in [0, 0.05) is 30.7 Å². The van der Waals surface area contributed by atoms with E-state index in [1.54, 1.807) is 23.1 Å². The molecule has 0 aliphatic carbocycles. The molecule has 7 heteroatoms. The van der Waals surface area contributed by atoms with E-state index in [1.165, 1.54) is 19.2 Å². The van der Waals surface area contributed by atoms with Gasteiger partial charge in [0.15, 0.2) is 6.10 Å². The molecule has 1 amide bonds. The Morgan fingerprint density at radius 2 is 2.15 bits per heavy atom. The monoisotopic (exact) mass is 390 g/mol. The number of rotatable bonds is 7. The molecule has 0 fully saturated rings. The molecule has 2 aromatic rings. The second-order valence-electron chi connectivity index (χ2n) is 6.29. The lowest BCUT2D eigenvalue weighted by Crippen LogP contribution is -2.39. The third-order valence-corrected chi connectivity index (χ3v) is 4.55. The minimum absolute atomic E-state index is 0.0553. The third kappa shape index (κ3) is 5.05. The zero-order valence-corrected chi connectivity index (χ0v) is 15.7. The molecule has 0 saturated heterocycles. The number of halogens is 2. The summed E-state index contributed by atoms with van der Waals surface area (Å²) in [5.41, 5.74) is 2.27. The van der Waals surface area contributed by atoms with Crippen molar-refractivity contribution in [2.75, 3.05) is 20.3 Å². The Balaban J connectivity index is 1.68. The van der Waals surface area contributed by atoms with Crippen molar-refractivity contribution in [3.8, 4) is 0 Å². The summed E-state index contributed by atoms with van der Waals surface area (Å²) in [5.74, 6) is -0.537. The number of hydrogen-bond donors (Lipinski definition) is 0. The highest BCUT2D eigenvalue weighted by Gasteiger charge is 2.27. The first kappa shape index (κ1) is 19.3. The molecule has 3 rings (SSSR count). The summed E-state index contributed by atoms with van der Waals surface area (Å²) in [6.45, 7) is 0.525. The molecule has 1 heterocycles. The highest BCUT2D eigenvalue weighted by Crippen LogP contribution is 2.23. The fourth-order valence-electron chi connectivity index (χ4n) is 2.95. The fourth-order valence-corrected chi connectivity index (χ4v) is 3.20. The lowest BCUT2D eigenvalue weighted by molar-refractivity contribution is -0.137. The Kier molecular flexibility index (Phi) is 6.42. The number of oxime groups is 1. The zero-order valence-electron chi connectivity index (χ0n) is 14.9. The van der Waals surface area contributed by atoms with Crippen molar-refractivity contribution < 1.29 is 18.8 Å². The van der Waals surface area contributed by atoms with E-state index in [-0.39, 0.29) is 31.0 Å². The predicted molar refractivity (Wildman–Crippen MR) is 101 cm³/mol. The van der Waals surface area contributed by atoms with Crippen LogP contribution < -0.4 is 0 Å². The molecule has 0 radical (unpaired) electrons. The summed E-state index contributed by atoms with van der Waals surface area (Å²) in [5, 5.41) is 4.73. The summed E-state index contributed by atoms with van der Waals surface area (Å²) in [4.78, 5) is 19.5. The molecule has 27 heavy (non-hydrogen) atoms. The molecular weight excluding hydrogens is 371 g/mol. The average molecular weight is 391 g/mol. The molecule has 142 valence electrons. The highest BCUT2D eigenvalue weighted by atomic mass is 35.5. The first-order valence-corrected chi connectivity index (χ1v) is 8.93. The van der Waals surface area contributed by atoms with Gasteiger partial charge in [0.1, 0.15) is 12.4 Å². The van der Waals surface area contributed by atoms with Crippen molar-refractivity contribution in [1.29, 1.82) is 0 Å². The van der Waals surface area contributed by atoms with Crippen LogP contribution >= 0.6 is 11.6 Å². The molecular formula is C20H20ClFN2O3. The molecule has 0 spiro atoms. The minimum atomic E-state index is -0.340. The SMILES string of the molecule is COCC(=O)N(Cc1cccc(F)c1)CC1CC(c2ccccc2Cl)=NO1. The molecule has 0 N–H and O–H groups in total. The van der Waals surface area contributed by atoms with Crippen LogP contribution in [0.15, 0.2) is 53.7 Å². The van der Waals surface area contributed by atoms with Crippen LogP contribution in [0.5, 0.6) is 0 Å². The summed E-state index contributed by atoms with van der Waals surface area (Å²) >= 11 is 6.22. The van der Waals surface area contributed by atoms with E-state index in [0.717, 1.165) is 11.3 Å². The van der Waals surface area contributed by atoms with Crippen LogP contribution in [-0.2, 0) is 20.9 Å². The van der Waals surface area contributed by atoms with Crippen LogP contribution in [0.25, 0.3) is 0 Å². The number of hydrogen-bond acceptors (Lipinski definition) is 4. The number of carbonyl (C=O) groups is 1. The van der Waals surface area contributed by atoms with Gasteiger partial charge in [-0.15, -0.1) is 0 Å².